The van der Waals surface area contributed by atoms with Crippen molar-refractivity contribution in [3.8, 4) is 0 Å². The number of nitrogens with zero attached hydrogens (tertiary/aromatic N) is 1. The molecular weight excluding hydrogens is 537 g/mol. The fourth-order valence-electron chi connectivity index (χ4n) is 4.54. The Morgan fingerprint density at radius 2 is 1.22 bits per heavy atom. The van der Waals surface area contributed by atoms with Crippen molar-refractivity contribution in [2.75, 3.05) is 54.1 Å². The molecule has 1 unspecified atom stereocenters. The Hall–Kier alpha value is -0.790. The lowest BCUT2D eigenvalue weighted by Gasteiger charge is -2.28. The first kappa shape index (κ1) is 38.2. The molecule has 0 spiro atoms. The van der Waals surface area contributed by atoms with E-state index >= 15 is 0 Å². The predicted octanol–water partition coefficient (Wildman–Crippen LogP) is 8.06. The maximum atomic E-state index is 12.2. The Morgan fingerprint density at radius 1 is 0.707 bits per heavy atom. The Morgan fingerprint density at radius 3 is 1.73 bits per heavy atom. The molecule has 0 heterocycles. The summed E-state index contributed by atoms with van der Waals surface area (Å²) < 4.78 is 34.8. The first-order chi connectivity index (χ1) is 19.7. The smallest absolute Gasteiger partial charge is 0.268 e. The zero-order valence-electron chi connectivity index (χ0n) is 26.9. The van der Waals surface area contributed by atoms with Crippen molar-refractivity contribution in [2.24, 2.45) is 0 Å². The van der Waals surface area contributed by atoms with Gasteiger partial charge in [0.05, 0.1) is 41.0 Å². The minimum atomic E-state index is -4.40. The Labute approximate surface area is 252 Å². The molecule has 8 heteroatoms. The van der Waals surface area contributed by atoms with Gasteiger partial charge < -0.3 is 27.9 Å². The summed E-state index contributed by atoms with van der Waals surface area (Å²) in [5.41, 5.74) is 1.01. The molecule has 0 saturated heterocycles. The van der Waals surface area contributed by atoms with E-state index in [9.17, 15) is 9.46 Å². The molecule has 0 aliphatic rings. The number of unbranched alkanes of at least 4 members (excludes halogenated alkanes) is 15. The van der Waals surface area contributed by atoms with E-state index in [-0.39, 0.29) is 19.8 Å². The third kappa shape index (κ3) is 25.4. The summed E-state index contributed by atoms with van der Waals surface area (Å²) in [6.07, 6.45) is 20.9. The van der Waals surface area contributed by atoms with Gasteiger partial charge in [0.2, 0.25) is 0 Å². The first-order valence-corrected chi connectivity index (χ1v) is 17.8. The third-order valence-corrected chi connectivity index (χ3v) is 8.17. The molecule has 0 aliphatic carbocycles. The monoisotopic (exact) mass is 599 g/mol. The van der Waals surface area contributed by atoms with Crippen LogP contribution in [0.15, 0.2) is 30.3 Å². The minimum absolute atomic E-state index is 0.0789. The van der Waals surface area contributed by atoms with Gasteiger partial charge in [-0.15, -0.1) is 0 Å². The van der Waals surface area contributed by atoms with Crippen LogP contribution in [-0.2, 0) is 29.7 Å². The highest BCUT2D eigenvalue weighted by Crippen LogP contribution is 2.38. The molecule has 0 aliphatic heterocycles. The molecule has 0 amide bonds. The normalized spacial score (nSPS) is 14.3. The van der Waals surface area contributed by atoms with Crippen molar-refractivity contribution in [3.05, 3.63) is 35.9 Å². The average Bonchev–Trinajstić information content (AvgIpc) is 2.93. The highest BCUT2D eigenvalue weighted by molar-refractivity contribution is 7.45. The molecule has 7 nitrogen and oxygen atoms in total. The molecule has 1 rings (SSSR count). The van der Waals surface area contributed by atoms with Crippen LogP contribution >= 0.6 is 7.82 Å². The molecule has 240 valence electrons. The van der Waals surface area contributed by atoms with Gasteiger partial charge in [-0.25, -0.2) is 0 Å². The standard InChI is InChI=1S/C33H62NO6P/c1-5-6-7-8-9-10-11-12-13-14-15-16-17-18-19-23-27-37-30-33(38-29-32-24-21-20-22-25-32)31-40-41(35,36)39-28-26-34(2,3)4/h20-22,24-25,33H,5-19,23,26-31H2,1-4H3/t33-/m0/s1. The Bertz CT molecular complexity index is 758. The van der Waals surface area contributed by atoms with Crippen LogP contribution < -0.4 is 4.89 Å². The van der Waals surface area contributed by atoms with Crippen molar-refractivity contribution in [1.82, 2.24) is 0 Å². The Kier molecular flexibility index (Phi) is 23.0. The van der Waals surface area contributed by atoms with Crippen LogP contribution in [0.1, 0.15) is 115 Å². The van der Waals surface area contributed by atoms with Gasteiger partial charge in [0.25, 0.3) is 7.82 Å². The van der Waals surface area contributed by atoms with E-state index in [1.165, 1.54) is 89.9 Å². The number of hydrogen-bond donors (Lipinski definition) is 0. The fraction of sp³-hybridized carbons (Fsp3) is 0.818. The van der Waals surface area contributed by atoms with Crippen LogP contribution in [0.2, 0.25) is 0 Å². The summed E-state index contributed by atoms with van der Waals surface area (Å²) in [6, 6.07) is 9.80. The van der Waals surface area contributed by atoms with Crippen molar-refractivity contribution >= 4 is 7.82 Å². The first-order valence-electron chi connectivity index (χ1n) is 16.4. The van der Waals surface area contributed by atoms with Crippen LogP contribution in [0.3, 0.4) is 0 Å². The molecule has 0 bridgehead atoms. The molecule has 1 aromatic carbocycles. The summed E-state index contributed by atoms with van der Waals surface area (Å²) in [5, 5.41) is 0. The van der Waals surface area contributed by atoms with Gasteiger partial charge in [-0.1, -0.05) is 134 Å². The van der Waals surface area contributed by atoms with E-state index in [1.807, 2.05) is 51.5 Å². The van der Waals surface area contributed by atoms with Crippen LogP contribution in [0.25, 0.3) is 0 Å². The maximum absolute atomic E-state index is 12.2. The largest absolute Gasteiger partial charge is 0.756 e. The number of rotatable bonds is 29. The summed E-state index contributed by atoms with van der Waals surface area (Å²) in [6.45, 7) is 4.07. The van der Waals surface area contributed by atoms with E-state index < -0.39 is 13.9 Å². The number of phosphoric acid groups is 1. The molecule has 41 heavy (non-hydrogen) atoms. The van der Waals surface area contributed by atoms with Crippen LogP contribution in [-0.4, -0.2) is 64.7 Å². The van der Waals surface area contributed by atoms with E-state index in [2.05, 4.69) is 6.92 Å². The molecule has 0 N–H and O–H groups in total. The molecule has 0 radical (unpaired) electrons. The lowest BCUT2D eigenvalue weighted by molar-refractivity contribution is -0.870. The highest BCUT2D eigenvalue weighted by atomic mass is 31.2. The second-order valence-corrected chi connectivity index (χ2v) is 13.8. The third-order valence-electron chi connectivity index (χ3n) is 7.20. The Balaban J connectivity index is 2.13. The zero-order valence-corrected chi connectivity index (χ0v) is 27.8. The number of hydrogen-bond acceptors (Lipinski definition) is 6. The minimum Gasteiger partial charge on any atom is -0.756 e. The van der Waals surface area contributed by atoms with Crippen LogP contribution in [0.4, 0.5) is 0 Å². The van der Waals surface area contributed by atoms with E-state index in [1.54, 1.807) is 0 Å². The summed E-state index contributed by atoms with van der Waals surface area (Å²) in [7, 11) is 1.53. The number of ether oxygens (including phenoxy) is 2. The van der Waals surface area contributed by atoms with Gasteiger partial charge >= 0.3 is 0 Å². The molecule has 0 aromatic heterocycles. The van der Waals surface area contributed by atoms with Crippen molar-refractivity contribution in [1.29, 1.82) is 0 Å². The zero-order chi connectivity index (χ0) is 30.1. The number of likely N-dealkylation sites (N-methyl/N-ethyl adjacent to an activating group) is 1. The number of quaternary nitrogens is 1. The van der Waals surface area contributed by atoms with Gasteiger partial charge in [0.15, 0.2) is 0 Å². The lowest BCUT2D eigenvalue weighted by atomic mass is 10.0. The van der Waals surface area contributed by atoms with E-state index in [4.69, 9.17) is 18.5 Å². The van der Waals surface area contributed by atoms with Crippen molar-refractivity contribution in [3.63, 3.8) is 0 Å². The maximum Gasteiger partial charge on any atom is 0.268 e. The lowest BCUT2D eigenvalue weighted by Crippen LogP contribution is -2.37. The van der Waals surface area contributed by atoms with Crippen LogP contribution in [0, 0.1) is 0 Å². The summed E-state index contributed by atoms with van der Waals surface area (Å²) in [4.78, 5) is 12.2. The summed E-state index contributed by atoms with van der Waals surface area (Å²) >= 11 is 0. The predicted molar refractivity (Wildman–Crippen MR) is 168 cm³/mol. The molecule has 2 atom stereocenters. The van der Waals surface area contributed by atoms with Crippen molar-refractivity contribution in [2.45, 2.75) is 122 Å². The van der Waals surface area contributed by atoms with Gasteiger partial charge in [0.1, 0.15) is 19.3 Å². The molecular formula is C33H62NO6P. The SMILES string of the molecule is CCCCCCCCCCCCCCCCCCOC[C@@H](COP(=O)([O-])OCC[N+](C)(C)C)OCc1ccccc1. The van der Waals surface area contributed by atoms with Crippen molar-refractivity contribution < 1.29 is 32.5 Å². The molecule has 0 fully saturated rings. The molecule has 0 saturated carbocycles. The second-order valence-electron chi connectivity index (χ2n) is 12.4. The van der Waals surface area contributed by atoms with Gasteiger partial charge in [0, 0.05) is 6.61 Å². The summed E-state index contributed by atoms with van der Waals surface area (Å²) in [5.74, 6) is 0. The molecule has 1 aromatic rings. The quantitative estimate of drug-likeness (QED) is 0.0527. The second kappa shape index (κ2) is 24.6. The number of benzene rings is 1. The average molecular weight is 600 g/mol. The van der Waals surface area contributed by atoms with Gasteiger partial charge in [-0.05, 0) is 12.0 Å². The topological polar surface area (TPSA) is 77.1 Å². The number of phosphoric ester groups is 1. The van der Waals surface area contributed by atoms with E-state index in [0.29, 0.717) is 24.2 Å². The highest BCUT2D eigenvalue weighted by Gasteiger charge is 2.18. The van der Waals surface area contributed by atoms with Gasteiger partial charge in [-0.3, -0.25) is 4.57 Å². The van der Waals surface area contributed by atoms with E-state index in [0.717, 1.165) is 18.4 Å². The van der Waals surface area contributed by atoms with Gasteiger partial charge in [-0.2, -0.15) is 0 Å². The van der Waals surface area contributed by atoms with Crippen LogP contribution in [0.5, 0.6) is 0 Å². The fourth-order valence-corrected chi connectivity index (χ4v) is 5.27.